The Kier molecular flexibility index (Phi) is 7.46. The number of hydrogen-bond donors (Lipinski definition) is 2. The van der Waals surface area contributed by atoms with Crippen molar-refractivity contribution in [3.8, 4) is 0 Å². The number of carbonyl (C=O) groups is 1. The number of aliphatic carboxylic acids is 1. The second kappa shape index (κ2) is 5.38. The molecule has 8 heavy (non-hydrogen) atoms. The van der Waals surface area contributed by atoms with E-state index in [2.05, 4.69) is 16.0 Å². The maximum atomic E-state index is 9.80. The molecule has 0 aliphatic carbocycles. The molecule has 0 spiro atoms. The van der Waals surface area contributed by atoms with Gasteiger partial charge in [0.2, 0.25) is 0 Å². The molecule has 0 aromatic rings. The minimum absolute atomic E-state index is 0. The summed E-state index contributed by atoms with van der Waals surface area (Å²) in [6, 6.07) is -0.708. The van der Waals surface area contributed by atoms with Crippen LogP contribution in [0.25, 0.3) is 0 Å². The first-order chi connectivity index (χ1) is 3.18. The standard InChI is InChI=1S/C3H7NO2Se.ClH/c4-2(1-7)3(5)6;/h2,7H,1,4H2,(H,5,6);1H/t2-;/m0./s1. The van der Waals surface area contributed by atoms with Crippen LogP contribution in [0.3, 0.4) is 0 Å². The Hall–Kier alpha value is 0.239. The van der Waals surface area contributed by atoms with E-state index in [9.17, 15) is 4.79 Å². The van der Waals surface area contributed by atoms with Crippen molar-refractivity contribution in [2.45, 2.75) is 11.4 Å². The van der Waals surface area contributed by atoms with Crippen LogP contribution in [0, 0.1) is 0 Å². The summed E-state index contributed by atoms with van der Waals surface area (Å²) < 4.78 is 0. The molecule has 3 nitrogen and oxygen atoms in total. The molecule has 1 atom stereocenters. The van der Waals surface area contributed by atoms with Crippen LogP contribution in [0.4, 0.5) is 0 Å². The van der Waals surface area contributed by atoms with E-state index in [0.29, 0.717) is 5.32 Å². The van der Waals surface area contributed by atoms with Gasteiger partial charge >= 0.3 is 49.0 Å². The molecule has 5 heteroatoms. The summed E-state index contributed by atoms with van der Waals surface area (Å²) in [5, 5.41) is 8.48. The molecule has 0 unspecified atom stereocenters. The average Bonchev–Trinajstić information content (AvgIpc) is 1.65. The van der Waals surface area contributed by atoms with Gasteiger partial charge in [0, 0.05) is 0 Å². The molecule has 0 saturated carbocycles. The summed E-state index contributed by atoms with van der Waals surface area (Å²) in [6.45, 7) is 0. The molecule has 0 heterocycles. The molecule has 0 aliphatic rings. The van der Waals surface area contributed by atoms with Gasteiger partial charge < -0.3 is 0 Å². The van der Waals surface area contributed by atoms with E-state index in [1.165, 1.54) is 0 Å². The average molecular weight is 205 g/mol. The second-order valence-electron chi connectivity index (χ2n) is 1.13. The molecular weight excluding hydrogens is 196 g/mol. The van der Waals surface area contributed by atoms with Crippen molar-refractivity contribution in [3.05, 3.63) is 0 Å². The van der Waals surface area contributed by atoms with E-state index < -0.39 is 12.0 Å². The van der Waals surface area contributed by atoms with Crippen molar-refractivity contribution < 1.29 is 9.90 Å². The van der Waals surface area contributed by atoms with E-state index in [1.807, 2.05) is 0 Å². The van der Waals surface area contributed by atoms with Crippen molar-refractivity contribution in [2.24, 2.45) is 5.73 Å². The molecule has 0 aromatic carbocycles. The first-order valence-electron chi connectivity index (χ1n) is 1.77. The van der Waals surface area contributed by atoms with E-state index in [-0.39, 0.29) is 12.4 Å². The first kappa shape index (κ1) is 11.1. The normalized spacial score (nSPS) is 11.8. The summed E-state index contributed by atoms with van der Waals surface area (Å²) in [5.74, 6) is -0.944. The van der Waals surface area contributed by atoms with Gasteiger partial charge in [-0.15, -0.1) is 12.4 Å². The molecule has 0 aliphatic heterocycles. The number of halogens is 1. The maximum absolute atomic E-state index is 9.80. The van der Waals surface area contributed by atoms with Gasteiger partial charge in [0.25, 0.3) is 0 Å². The Labute approximate surface area is 61.9 Å². The molecular formula is C3H8ClNO2Se. The van der Waals surface area contributed by atoms with E-state index in [1.54, 1.807) is 0 Å². The molecule has 0 amide bonds. The molecule has 0 rings (SSSR count). The van der Waals surface area contributed by atoms with Crippen LogP contribution in [0.5, 0.6) is 0 Å². The Balaban J connectivity index is 0. The second-order valence-corrected chi connectivity index (χ2v) is 1.89. The predicted octanol–water partition coefficient (Wildman–Crippen LogP) is -0.861. The Morgan fingerprint density at radius 3 is 2.25 bits per heavy atom. The molecule has 0 bridgehead atoms. The zero-order valence-electron chi connectivity index (χ0n) is 4.07. The number of nitrogens with two attached hydrogens (primary N) is 1. The van der Waals surface area contributed by atoms with Gasteiger partial charge in [0.1, 0.15) is 0 Å². The number of carboxylic acid groups (broad SMARTS) is 1. The van der Waals surface area contributed by atoms with Crippen LogP contribution in [0.2, 0.25) is 5.32 Å². The SMILES string of the molecule is Cl.N[C@@H](C[SeH])C(=O)O. The Morgan fingerprint density at radius 2 is 2.25 bits per heavy atom. The number of hydrogen-bond acceptors (Lipinski definition) is 2. The quantitative estimate of drug-likeness (QED) is 0.576. The van der Waals surface area contributed by atoms with Gasteiger partial charge in [-0.05, 0) is 0 Å². The van der Waals surface area contributed by atoms with E-state index in [4.69, 9.17) is 10.8 Å². The molecule has 50 valence electrons. The first-order valence-corrected chi connectivity index (χ1v) is 3.10. The van der Waals surface area contributed by atoms with Gasteiger partial charge in [-0.2, -0.15) is 0 Å². The van der Waals surface area contributed by atoms with Gasteiger partial charge in [0.15, 0.2) is 0 Å². The number of carboxylic acids is 1. The fourth-order valence-corrected chi connectivity index (χ4v) is 0.406. The fourth-order valence-electron chi connectivity index (χ4n) is 0.0781. The zero-order valence-corrected chi connectivity index (χ0v) is 6.77. The van der Waals surface area contributed by atoms with E-state index in [0.717, 1.165) is 0 Å². The Bertz CT molecular complexity index is 79.7. The molecule has 3 N–H and O–H groups in total. The summed E-state index contributed by atoms with van der Waals surface area (Å²) in [6.07, 6.45) is 0. The topological polar surface area (TPSA) is 63.3 Å². The molecule has 0 fully saturated rings. The van der Waals surface area contributed by atoms with Gasteiger partial charge in [0.05, 0.1) is 0 Å². The van der Waals surface area contributed by atoms with Crippen LogP contribution in [0.1, 0.15) is 0 Å². The molecule has 0 radical (unpaired) electrons. The molecule has 0 saturated heterocycles. The summed E-state index contributed by atoms with van der Waals surface area (Å²) >= 11 is 2.13. The summed E-state index contributed by atoms with van der Waals surface area (Å²) in [5.41, 5.74) is 5.00. The van der Waals surface area contributed by atoms with Crippen molar-refractivity contribution >= 4 is 34.4 Å². The van der Waals surface area contributed by atoms with Crippen molar-refractivity contribution in [1.29, 1.82) is 0 Å². The summed E-state index contributed by atoms with van der Waals surface area (Å²) in [7, 11) is 0. The van der Waals surface area contributed by atoms with Crippen LogP contribution in [-0.2, 0) is 4.79 Å². The van der Waals surface area contributed by atoms with Gasteiger partial charge in [-0.25, -0.2) is 0 Å². The van der Waals surface area contributed by atoms with Crippen molar-refractivity contribution in [1.82, 2.24) is 0 Å². The van der Waals surface area contributed by atoms with Crippen molar-refractivity contribution in [2.75, 3.05) is 0 Å². The number of rotatable bonds is 2. The predicted molar refractivity (Wildman–Crippen MR) is 34.8 cm³/mol. The van der Waals surface area contributed by atoms with Crippen LogP contribution in [0.15, 0.2) is 0 Å². The monoisotopic (exact) mass is 205 g/mol. The van der Waals surface area contributed by atoms with Gasteiger partial charge in [-0.1, -0.05) is 0 Å². The molecule has 0 aromatic heterocycles. The van der Waals surface area contributed by atoms with Crippen LogP contribution in [-0.4, -0.2) is 33.1 Å². The van der Waals surface area contributed by atoms with Gasteiger partial charge in [-0.3, -0.25) is 0 Å². The fraction of sp³-hybridized carbons (Fsp3) is 0.667. The third-order valence-corrected chi connectivity index (χ3v) is 1.34. The third-order valence-electron chi connectivity index (χ3n) is 0.514. The van der Waals surface area contributed by atoms with Crippen molar-refractivity contribution in [3.63, 3.8) is 0 Å². The zero-order chi connectivity index (χ0) is 5.86. The van der Waals surface area contributed by atoms with Crippen LogP contribution < -0.4 is 5.73 Å². The Morgan fingerprint density at radius 1 is 1.88 bits per heavy atom. The summed E-state index contributed by atoms with van der Waals surface area (Å²) in [4.78, 5) is 9.80. The van der Waals surface area contributed by atoms with E-state index >= 15 is 0 Å². The minimum atomic E-state index is -0.944. The third kappa shape index (κ3) is 4.40. The van der Waals surface area contributed by atoms with Crippen LogP contribution >= 0.6 is 12.4 Å².